The van der Waals surface area contributed by atoms with Crippen LogP contribution in [-0.4, -0.2) is 16.2 Å². The van der Waals surface area contributed by atoms with Gasteiger partial charge in [0.05, 0.1) is 11.1 Å². The van der Waals surface area contributed by atoms with Gasteiger partial charge in [-0.3, -0.25) is 4.98 Å². The van der Waals surface area contributed by atoms with Gasteiger partial charge in [-0.1, -0.05) is 6.07 Å². The largest absolute Gasteiger partial charge is 0.507 e. The highest BCUT2D eigenvalue weighted by Gasteiger charge is 2.09. The summed E-state index contributed by atoms with van der Waals surface area (Å²) in [5.41, 5.74) is 5.93. The zero-order valence-corrected chi connectivity index (χ0v) is 8.38. The first kappa shape index (κ1) is 10.2. The van der Waals surface area contributed by atoms with Crippen LogP contribution in [0.4, 0.5) is 4.79 Å². The smallest absolute Gasteiger partial charge is 0.404 e. The van der Waals surface area contributed by atoms with Crippen molar-refractivity contribution in [2.24, 2.45) is 5.73 Å². The first-order chi connectivity index (χ1) is 7.68. The SMILES string of the molecule is NC(=O)OCc1c(O)ccc2cccnc12. The van der Waals surface area contributed by atoms with E-state index in [1.165, 1.54) is 6.07 Å². The van der Waals surface area contributed by atoms with Crippen molar-refractivity contribution in [1.82, 2.24) is 4.98 Å². The van der Waals surface area contributed by atoms with E-state index in [2.05, 4.69) is 9.72 Å². The van der Waals surface area contributed by atoms with E-state index in [1.807, 2.05) is 6.07 Å². The van der Waals surface area contributed by atoms with Gasteiger partial charge in [0.25, 0.3) is 0 Å². The lowest BCUT2D eigenvalue weighted by molar-refractivity contribution is 0.149. The number of nitrogens with zero attached hydrogens (tertiary/aromatic N) is 1. The Balaban J connectivity index is 2.48. The molecule has 82 valence electrons. The fourth-order valence-electron chi connectivity index (χ4n) is 1.48. The number of ether oxygens (including phenoxy) is 1. The summed E-state index contributed by atoms with van der Waals surface area (Å²) in [7, 11) is 0. The van der Waals surface area contributed by atoms with Gasteiger partial charge in [-0.25, -0.2) is 4.79 Å². The predicted octanol–water partition coefficient (Wildman–Crippen LogP) is 1.54. The maximum absolute atomic E-state index is 10.5. The average Bonchev–Trinajstić information content (AvgIpc) is 2.27. The van der Waals surface area contributed by atoms with Crippen LogP contribution in [0.3, 0.4) is 0 Å². The van der Waals surface area contributed by atoms with E-state index in [0.29, 0.717) is 11.1 Å². The van der Waals surface area contributed by atoms with Gasteiger partial charge in [-0.15, -0.1) is 0 Å². The molecule has 0 saturated heterocycles. The minimum atomic E-state index is -0.882. The van der Waals surface area contributed by atoms with Crippen molar-refractivity contribution in [1.29, 1.82) is 0 Å². The number of primary amides is 1. The van der Waals surface area contributed by atoms with Crippen LogP contribution in [0.25, 0.3) is 10.9 Å². The van der Waals surface area contributed by atoms with E-state index in [0.717, 1.165) is 5.39 Å². The molecule has 2 rings (SSSR count). The second-order valence-electron chi connectivity index (χ2n) is 3.25. The zero-order valence-electron chi connectivity index (χ0n) is 8.38. The average molecular weight is 218 g/mol. The van der Waals surface area contributed by atoms with Gasteiger partial charge in [0.15, 0.2) is 0 Å². The minimum Gasteiger partial charge on any atom is -0.507 e. The van der Waals surface area contributed by atoms with Crippen LogP contribution in [0, 0.1) is 0 Å². The van der Waals surface area contributed by atoms with Crippen LogP contribution in [0.2, 0.25) is 0 Å². The quantitative estimate of drug-likeness (QED) is 0.800. The molecular formula is C11H10N2O3. The Labute approximate surface area is 91.5 Å². The van der Waals surface area contributed by atoms with Crippen LogP contribution in [0.1, 0.15) is 5.56 Å². The predicted molar refractivity (Wildman–Crippen MR) is 57.8 cm³/mol. The third kappa shape index (κ3) is 1.88. The molecule has 0 fully saturated rings. The Kier molecular flexibility index (Phi) is 2.59. The number of phenolic OH excluding ortho intramolecular Hbond substituents is 1. The van der Waals surface area contributed by atoms with Crippen LogP contribution < -0.4 is 5.73 Å². The summed E-state index contributed by atoms with van der Waals surface area (Å²) in [6.45, 7) is -0.0878. The lowest BCUT2D eigenvalue weighted by Crippen LogP contribution is -2.12. The monoisotopic (exact) mass is 218 g/mol. The van der Waals surface area contributed by atoms with Crippen molar-refractivity contribution in [2.45, 2.75) is 6.61 Å². The summed E-state index contributed by atoms with van der Waals surface area (Å²) in [4.78, 5) is 14.6. The fourth-order valence-corrected chi connectivity index (χ4v) is 1.48. The Morgan fingerprint density at radius 1 is 1.44 bits per heavy atom. The third-order valence-corrected chi connectivity index (χ3v) is 2.21. The second kappa shape index (κ2) is 4.06. The van der Waals surface area contributed by atoms with Crippen LogP contribution in [0.15, 0.2) is 30.5 Å². The number of aromatic nitrogens is 1. The molecule has 0 aliphatic rings. The second-order valence-corrected chi connectivity index (χ2v) is 3.25. The number of hydrogen-bond acceptors (Lipinski definition) is 4. The summed E-state index contributed by atoms with van der Waals surface area (Å²) in [5, 5.41) is 10.5. The van der Waals surface area contributed by atoms with Crippen LogP contribution in [-0.2, 0) is 11.3 Å². The summed E-state index contributed by atoms with van der Waals surface area (Å²) >= 11 is 0. The van der Waals surface area contributed by atoms with E-state index in [-0.39, 0.29) is 12.4 Å². The Morgan fingerprint density at radius 2 is 2.25 bits per heavy atom. The van der Waals surface area contributed by atoms with Gasteiger partial charge < -0.3 is 15.6 Å². The molecule has 0 unspecified atom stereocenters. The van der Waals surface area contributed by atoms with Gasteiger partial charge in [0, 0.05) is 11.6 Å². The standard InChI is InChI=1S/C11H10N2O3/c12-11(15)16-6-8-9(14)4-3-7-2-1-5-13-10(7)8/h1-5,14H,6H2,(H2,12,15). The van der Waals surface area contributed by atoms with Crippen LogP contribution >= 0.6 is 0 Å². The number of carbonyl (C=O) groups is 1. The molecule has 1 aromatic heterocycles. The lowest BCUT2D eigenvalue weighted by Gasteiger charge is -2.07. The summed E-state index contributed by atoms with van der Waals surface area (Å²) in [5.74, 6) is 0.0347. The van der Waals surface area contributed by atoms with Crippen molar-refractivity contribution >= 4 is 17.0 Å². The normalized spacial score (nSPS) is 10.2. The molecule has 0 atom stereocenters. The number of carbonyl (C=O) groups excluding carboxylic acids is 1. The van der Waals surface area contributed by atoms with Gasteiger partial charge in [0.2, 0.25) is 0 Å². The van der Waals surface area contributed by atoms with Gasteiger partial charge in [0.1, 0.15) is 12.4 Å². The molecule has 2 aromatic rings. The van der Waals surface area contributed by atoms with E-state index >= 15 is 0 Å². The molecule has 1 heterocycles. The van der Waals surface area contributed by atoms with Crippen molar-refractivity contribution in [2.75, 3.05) is 0 Å². The number of pyridine rings is 1. The highest BCUT2D eigenvalue weighted by molar-refractivity contribution is 5.83. The number of phenols is 1. The highest BCUT2D eigenvalue weighted by Crippen LogP contribution is 2.25. The molecule has 0 bridgehead atoms. The molecule has 0 saturated carbocycles. The topological polar surface area (TPSA) is 85.4 Å². The lowest BCUT2D eigenvalue weighted by atomic mass is 10.1. The number of benzene rings is 1. The van der Waals surface area contributed by atoms with Gasteiger partial charge in [-0.05, 0) is 18.2 Å². The number of fused-ring (bicyclic) bond motifs is 1. The number of hydrogen-bond donors (Lipinski definition) is 2. The van der Waals surface area contributed by atoms with E-state index in [1.54, 1.807) is 18.3 Å². The summed E-state index contributed by atoms with van der Waals surface area (Å²) < 4.78 is 4.66. The Hall–Kier alpha value is -2.30. The van der Waals surface area contributed by atoms with E-state index in [4.69, 9.17) is 5.73 Å². The fraction of sp³-hybridized carbons (Fsp3) is 0.0909. The number of amides is 1. The third-order valence-electron chi connectivity index (χ3n) is 2.21. The number of aromatic hydroxyl groups is 1. The van der Waals surface area contributed by atoms with Gasteiger partial charge in [-0.2, -0.15) is 0 Å². The van der Waals surface area contributed by atoms with Crippen molar-refractivity contribution in [3.63, 3.8) is 0 Å². The number of rotatable bonds is 2. The highest BCUT2D eigenvalue weighted by atomic mass is 16.5. The van der Waals surface area contributed by atoms with Crippen LogP contribution in [0.5, 0.6) is 5.75 Å². The summed E-state index contributed by atoms with van der Waals surface area (Å²) in [6, 6.07) is 6.92. The number of nitrogens with two attached hydrogens (primary N) is 1. The molecule has 0 aliphatic heterocycles. The Morgan fingerprint density at radius 3 is 3.00 bits per heavy atom. The molecule has 0 spiro atoms. The maximum atomic E-state index is 10.5. The maximum Gasteiger partial charge on any atom is 0.404 e. The molecule has 1 amide bonds. The van der Waals surface area contributed by atoms with Crippen molar-refractivity contribution in [3.05, 3.63) is 36.0 Å². The van der Waals surface area contributed by atoms with Gasteiger partial charge >= 0.3 is 6.09 Å². The summed E-state index contributed by atoms with van der Waals surface area (Å²) in [6.07, 6.45) is 0.725. The molecule has 0 radical (unpaired) electrons. The molecular weight excluding hydrogens is 208 g/mol. The zero-order chi connectivity index (χ0) is 11.5. The molecule has 0 aliphatic carbocycles. The molecule has 3 N–H and O–H groups in total. The van der Waals surface area contributed by atoms with Crippen molar-refractivity contribution in [3.8, 4) is 5.75 Å². The first-order valence-electron chi connectivity index (χ1n) is 4.66. The van der Waals surface area contributed by atoms with E-state index < -0.39 is 6.09 Å². The molecule has 16 heavy (non-hydrogen) atoms. The first-order valence-corrected chi connectivity index (χ1v) is 4.66. The molecule has 5 heteroatoms. The molecule has 1 aromatic carbocycles. The molecule has 5 nitrogen and oxygen atoms in total. The van der Waals surface area contributed by atoms with E-state index in [9.17, 15) is 9.90 Å². The van der Waals surface area contributed by atoms with Crippen molar-refractivity contribution < 1.29 is 14.6 Å². The minimum absolute atomic E-state index is 0.0347. The Bertz CT molecular complexity index is 540.